The summed E-state index contributed by atoms with van der Waals surface area (Å²) in [5.41, 5.74) is 2.70. The summed E-state index contributed by atoms with van der Waals surface area (Å²) in [5, 5.41) is 5.31. The average molecular weight is 436 g/mol. The van der Waals surface area contributed by atoms with Crippen molar-refractivity contribution in [2.24, 2.45) is 0 Å². The van der Waals surface area contributed by atoms with Gasteiger partial charge in [-0.1, -0.05) is 6.07 Å². The minimum absolute atomic E-state index is 0.0483. The van der Waals surface area contributed by atoms with Crippen LogP contribution in [0.3, 0.4) is 0 Å². The maximum atomic E-state index is 14.2. The van der Waals surface area contributed by atoms with Crippen LogP contribution in [0.25, 0.3) is 0 Å². The molecule has 162 valence electrons. The average Bonchev–Trinajstić information content (AvgIpc) is 2.70. The summed E-state index contributed by atoms with van der Waals surface area (Å²) < 4.78 is 38.9. The topological polar surface area (TPSA) is 94.6 Å². The van der Waals surface area contributed by atoms with E-state index in [-0.39, 0.29) is 6.54 Å². The number of carbonyl (C=O) groups excluding carboxylic acids is 1. The Bertz CT molecular complexity index is 990. The van der Waals surface area contributed by atoms with Crippen LogP contribution < -0.4 is 10.6 Å². The number of carbonyl (C=O) groups is 1. The normalized spacial score (nSPS) is 15.7. The second kappa shape index (κ2) is 9.50. The summed E-state index contributed by atoms with van der Waals surface area (Å²) in [6, 6.07) is 7.91. The molecule has 0 aliphatic carbocycles. The van der Waals surface area contributed by atoms with Crippen LogP contribution in [0.15, 0.2) is 36.5 Å². The number of hydrogen-bond acceptors (Lipinski definition) is 5. The highest BCUT2D eigenvalue weighted by atomic mass is 32.2. The molecule has 1 aromatic heterocycles. The first-order chi connectivity index (χ1) is 14.2. The Hall–Kier alpha value is -2.56. The number of hydrogen-bond donors (Lipinski definition) is 2. The molecule has 0 bridgehead atoms. The Kier molecular flexibility index (Phi) is 7.01. The standard InChI is InChI=1S/C20H26FN5O3S/c1-15-3-5-18(13-22-15)24-20(27)23-12-17-11-16(4-6-19(17)21)14-25-7-9-26(10-8-25)30(2,28)29/h3-6,11,13H,7-10,12,14H2,1-2H3,(H2,23,24,27). The molecule has 1 aliphatic heterocycles. The monoisotopic (exact) mass is 435 g/mol. The maximum Gasteiger partial charge on any atom is 0.319 e. The fraction of sp³-hybridized carbons (Fsp3) is 0.400. The van der Waals surface area contributed by atoms with E-state index in [0.29, 0.717) is 44.0 Å². The smallest absolute Gasteiger partial charge is 0.319 e. The van der Waals surface area contributed by atoms with Crippen molar-refractivity contribution >= 4 is 21.7 Å². The molecular weight excluding hydrogens is 409 g/mol. The summed E-state index contributed by atoms with van der Waals surface area (Å²) >= 11 is 0. The van der Waals surface area contributed by atoms with E-state index in [1.54, 1.807) is 30.5 Å². The van der Waals surface area contributed by atoms with E-state index in [4.69, 9.17) is 0 Å². The molecule has 1 fully saturated rings. The molecule has 2 heterocycles. The van der Waals surface area contributed by atoms with Gasteiger partial charge in [-0.2, -0.15) is 4.31 Å². The molecule has 0 saturated carbocycles. The van der Waals surface area contributed by atoms with Crippen LogP contribution in [0.1, 0.15) is 16.8 Å². The van der Waals surface area contributed by atoms with E-state index in [9.17, 15) is 17.6 Å². The molecule has 3 rings (SSSR count). The Balaban J connectivity index is 1.53. The predicted octanol–water partition coefficient (Wildman–Crippen LogP) is 1.93. The van der Waals surface area contributed by atoms with Crippen LogP contribution in [0.2, 0.25) is 0 Å². The van der Waals surface area contributed by atoms with Gasteiger partial charge in [-0.15, -0.1) is 0 Å². The molecule has 0 spiro atoms. The van der Waals surface area contributed by atoms with E-state index in [1.165, 1.54) is 16.6 Å². The van der Waals surface area contributed by atoms with Crippen molar-refractivity contribution in [1.29, 1.82) is 0 Å². The molecule has 1 aliphatic rings. The van der Waals surface area contributed by atoms with Gasteiger partial charge in [0.1, 0.15) is 5.82 Å². The largest absolute Gasteiger partial charge is 0.334 e. The fourth-order valence-electron chi connectivity index (χ4n) is 3.23. The Morgan fingerprint density at radius 2 is 1.90 bits per heavy atom. The number of nitrogens with one attached hydrogen (secondary N) is 2. The zero-order valence-electron chi connectivity index (χ0n) is 17.1. The molecule has 10 heteroatoms. The van der Waals surface area contributed by atoms with Gasteiger partial charge in [0, 0.05) is 50.5 Å². The molecule has 2 amide bonds. The highest BCUT2D eigenvalue weighted by molar-refractivity contribution is 7.88. The summed E-state index contributed by atoms with van der Waals surface area (Å²) in [6.45, 7) is 4.62. The van der Waals surface area contributed by atoms with Crippen LogP contribution in [-0.4, -0.2) is 61.1 Å². The molecule has 2 N–H and O–H groups in total. The number of halogens is 1. The lowest BCUT2D eigenvalue weighted by molar-refractivity contribution is 0.182. The molecule has 8 nitrogen and oxygen atoms in total. The maximum absolute atomic E-state index is 14.2. The first-order valence-corrected chi connectivity index (χ1v) is 11.5. The summed E-state index contributed by atoms with van der Waals surface area (Å²) in [5.74, 6) is -0.391. The molecule has 2 aromatic rings. The fourth-order valence-corrected chi connectivity index (χ4v) is 4.06. The van der Waals surface area contributed by atoms with Gasteiger partial charge in [0.15, 0.2) is 0 Å². The van der Waals surface area contributed by atoms with E-state index >= 15 is 0 Å². The van der Waals surface area contributed by atoms with Gasteiger partial charge in [-0.05, 0) is 36.8 Å². The highest BCUT2D eigenvalue weighted by Gasteiger charge is 2.23. The Morgan fingerprint density at radius 3 is 2.53 bits per heavy atom. The molecule has 0 unspecified atom stereocenters. The lowest BCUT2D eigenvalue weighted by Crippen LogP contribution is -2.47. The van der Waals surface area contributed by atoms with Gasteiger partial charge >= 0.3 is 6.03 Å². The number of anilines is 1. The zero-order chi connectivity index (χ0) is 21.7. The van der Waals surface area contributed by atoms with Crippen LogP contribution in [0.4, 0.5) is 14.9 Å². The number of rotatable bonds is 6. The molecule has 1 aromatic carbocycles. The van der Waals surface area contributed by atoms with Crippen molar-refractivity contribution in [2.45, 2.75) is 20.0 Å². The minimum atomic E-state index is -3.17. The number of pyridine rings is 1. The zero-order valence-corrected chi connectivity index (χ0v) is 17.9. The van der Waals surface area contributed by atoms with Gasteiger partial charge in [0.25, 0.3) is 0 Å². The van der Waals surface area contributed by atoms with E-state index in [1.807, 2.05) is 6.92 Å². The van der Waals surface area contributed by atoms with E-state index in [2.05, 4.69) is 20.5 Å². The Labute approximate surface area is 176 Å². The second-order valence-corrected chi connectivity index (χ2v) is 9.34. The quantitative estimate of drug-likeness (QED) is 0.723. The molecular formula is C20H26FN5O3S. The number of piperazine rings is 1. The van der Waals surface area contributed by atoms with Crippen molar-refractivity contribution in [1.82, 2.24) is 19.5 Å². The lowest BCUT2D eigenvalue weighted by Gasteiger charge is -2.33. The third-order valence-corrected chi connectivity index (χ3v) is 6.23. The van der Waals surface area contributed by atoms with Crippen molar-refractivity contribution in [3.8, 4) is 0 Å². The molecule has 30 heavy (non-hydrogen) atoms. The van der Waals surface area contributed by atoms with Crippen LogP contribution in [0, 0.1) is 12.7 Å². The number of sulfonamides is 1. The van der Waals surface area contributed by atoms with Crippen molar-refractivity contribution < 1.29 is 17.6 Å². The van der Waals surface area contributed by atoms with Gasteiger partial charge in [-0.3, -0.25) is 9.88 Å². The van der Waals surface area contributed by atoms with Crippen LogP contribution >= 0.6 is 0 Å². The van der Waals surface area contributed by atoms with Crippen molar-refractivity contribution in [2.75, 3.05) is 37.8 Å². The van der Waals surface area contributed by atoms with Gasteiger partial charge in [-0.25, -0.2) is 17.6 Å². The van der Waals surface area contributed by atoms with Gasteiger partial charge in [0.2, 0.25) is 10.0 Å². The van der Waals surface area contributed by atoms with Crippen molar-refractivity contribution in [3.05, 3.63) is 59.2 Å². The minimum Gasteiger partial charge on any atom is -0.334 e. The van der Waals surface area contributed by atoms with E-state index in [0.717, 1.165) is 11.3 Å². The number of aromatic nitrogens is 1. The number of nitrogens with zero attached hydrogens (tertiary/aromatic N) is 3. The summed E-state index contributed by atoms with van der Waals surface area (Å²) in [6.07, 6.45) is 2.77. The summed E-state index contributed by atoms with van der Waals surface area (Å²) in [4.78, 5) is 18.3. The van der Waals surface area contributed by atoms with Crippen molar-refractivity contribution in [3.63, 3.8) is 0 Å². The second-order valence-electron chi connectivity index (χ2n) is 7.36. The number of amides is 2. The molecule has 0 atom stereocenters. The highest BCUT2D eigenvalue weighted by Crippen LogP contribution is 2.15. The molecule has 0 radical (unpaired) electrons. The first-order valence-electron chi connectivity index (χ1n) is 9.63. The van der Waals surface area contributed by atoms with Crippen LogP contribution in [-0.2, 0) is 23.1 Å². The third kappa shape index (κ3) is 6.22. The first kappa shape index (κ1) is 22.1. The predicted molar refractivity (Wildman–Crippen MR) is 113 cm³/mol. The van der Waals surface area contributed by atoms with Gasteiger partial charge in [0.05, 0.1) is 18.1 Å². The lowest BCUT2D eigenvalue weighted by atomic mass is 10.1. The molecule has 1 saturated heterocycles. The number of urea groups is 1. The van der Waals surface area contributed by atoms with E-state index < -0.39 is 21.9 Å². The Morgan fingerprint density at radius 1 is 1.17 bits per heavy atom. The summed E-state index contributed by atoms with van der Waals surface area (Å²) in [7, 11) is -3.17. The third-order valence-electron chi connectivity index (χ3n) is 4.93. The number of aryl methyl sites for hydroxylation is 1. The number of benzene rings is 1. The van der Waals surface area contributed by atoms with Crippen LogP contribution in [0.5, 0.6) is 0 Å². The SMILES string of the molecule is Cc1ccc(NC(=O)NCc2cc(CN3CCN(S(C)(=O)=O)CC3)ccc2F)cn1. The van der Waals surface area contributed by atoms with Gasteiger partial charge < -0.3 is 10.6 Å².